The summed E-state index contributed by atoms with van der Waals surface area (Å²) in [5.74, 6) is 0.273. The normalized spacial score (nSPS) is 11.4. The van der Waals surface area contributed by atoms with Crippen LogP contribution in [-0.2, 0) is 14.8 Å². The van der Waals surface area contributed by atoms with Crippen molar-refractivity contribution < 1.29 is 17.9 Å². The highest BCUT2D eigenvalue weighted by Gasteiger charge is 2.20. The summed E-state index contributed by atoms with van der Waals surface area (Å²) < 4.78 is 31.6. The Labute approximate surface area is 167 Å². The molecule has 2 aromatic rings. The first kappa shape index (κ1) is 21.7. The Kier molecular flexibility index (Phi) is 6.69. The largest absolute Gasteiger partial charge is 0.483 e. The molecule has 0 aliphatic rings. The van der Waals surface area contributed by atoms with Crippen LogP contribution in [-0.4, -0.2) is 53.4 Å². The predicted molar refractivity (Wildman–Crippen MR) is 112 cm³/mol. The molecule has 28 heavy (non-hydrogen) atoms. The zero-order valence-corrected chi connectivity index (χ0v) is 17.9. The Bertz CT molecular complexity index is 969. The minimum Gasteiger partial charge on any atom is -0.483 e. The highest BCUT2D eigenvalue weighted by atomic mass is 32.2. The van der Waals surface area contributed by atoms with Crippen molar-refractivity contribution in [1.29, 1.82) is 0 Å². The van der Waals surface area contributed by atoms with Crippen LogP contribution >= 0.6 is 0 Å². The molecule has 2 aromatic carbocycles. The molecule has 152 valence electrons. The summed E-state index contributed by atoms with van der Waals surface area (Å²) in [6, 6.07) is 10.4. The first-order chi connectivity index (χ1) is 13.0. The molecule has 0 atom stereocenters. The number of anilines is 2. The zero-order chi connectivity index (χ0) is 21.1. The summed E-state index contributed by atoms with van der Waals surface area (Å²) in [6.07, 6.45) is 0. The van der Waals surface area contributed by atoms with Gasteiger partial charge >= 0.3 is 0 Å². The topological polar surface area (TPSA) is 78.9 Å². The van der Waals surface area contributed by atoms with E-state index in [1.54, 1.807) is 11.0 Å². The van der Waals surface area contributed by atoms with Gasteiger partial charge < -0.3 is 15.0 Å². The molecule has 0 heterocycles. The van der Waals surface area contributed by atoms with Gasteiger partial charge in [-0.05, 0) is 49.2 Å². The highest BCUT2D eigenvalue weighted by molar-refractivity contribution is 7.89. The molecule has 0 spiro atoms. The van der Waals surface area contributed by atoms with Gasteiger partial charge in [-0.2, -0.15) is 0 Å². The second-order valence-corrected chi connectivity index (χ2v) is 9.12. The van der Waals surface area contributed by atoms with Crippen LogP contribution in [0.25, 0.3) is 0 Å². The van der Waals surface area contributed by atoms with Gasteiger partial charge in [-0.1, -0.05) is 12.1 Å². The number of aryl methyl sites for hydroxylation is 2. The Morgan fingerprint density at radius 1 is 1.04 bits per heavy atom. The van der Waals surface area contributed by atoms with E-state index in [1.807, 2.05) is 46.1 Å². The van der Waals surface area contributed by atoms with E-state index in [-0.39, 0.29) is 17.4 Å². The van der Waals surface area contributed by atoms with Crippen molar-refractivity contribution in [3.05, 3.63) is 47.5 Å². The molecule has 0 unspecified atom stereocenters. The minimum absolute atomic E-state index is 0.105. The van der Waals surface area contributed by atoms with E-state index in [9.17, 15) is 13.2 Å². The van der Waals surface area contributed by atoms with Crippen molar-refractivity contribution in [2.75, 3.05) is 45.0 Å². The van der Waals surface area contributed by atoms with E-state index in [2.05, 4.69) is 5.32 Å². The highest BCUT2D eigenvalue weighted by Crippen LogP contribution is 2.28. The van der Waals surface area contributed by atoms with E-state index in [0.29, 0.717) is 17.1 Å². The third-order valence-electron chi connectivity index (χ3n) is 4.20. The van der Waals surface area contributed by atoms with Gasteiger partial charge in [0.05, 0.1) is 16.3 Å². The van der Waals surface area contributed by atoms with Crippen LogP contribution in [0.2, 0.25) is 0 Å². The molecule has 0 fully saturated rings. The average Bonchev–Trinajstić information content (AvgIpc) is 2.62. The molecule has 1 amide bonds. The number of carbonyl (C=O) groups excluding carboxylic acids is 1. The zero-order valence-electron chi connectivity index (χ0n) is 17.1. The van der Waals surface area contributed by atoms with Crippen molar-refractivity contribution in [2.24, 2.45) is 0 Å². The number of amides is 1. The lowest BCUT2D eigenvalue weighted by molar-refractivity contribution is -0.118. The first-order valence-electron chi connectivity index (χ1n) is 8.76. The Morgan fingerprint density at radius 3 is 2.32 bits per heavy atom. The monoisotopic (exact) mass is 405 g/mol. The fraction of sp³-hybridized carbons (Fsp3) is 0.350. The molecule has 0 aliphatic heterocycles. The van der Waals surface area contributed by atoms with Crippen molar-refractivity contribution in [1.82, 2.24) is 4.31 Å². The van der Waals surface area contributed by atoms with Crippen LogP contribution in [0.5, 0.6) is 5.75 Å². The lowest BCUT2D eigenvalue weighted by Gasteiger charge is -2.20. The maximum Gasteiger partial charge on any atom is 0.262 e. The second-order valence-electron chi connectivity index (χ2n) is 6.97. The van der Waals surface area contributed by atoms with Gasteiger partial charge in [0, 0.05) is 28.2 Å². The number of nitrogens with one attached hydrogen (secondary N) is 1. The fourth-order valence-electron chi connectivity index (χ4n) is 2.57. The Morgan fingerprint density at radius 2 is 1.71 bits per heavy atom. The molecule has 1 N–H and O–H groups in total. The number of hydrogen-bond donors (Lipinski definition) is 1. The van der Waals surface area contributed by atoms with Gasteiger partial charge in [-0.25, -0.2) is 12.7 Å². The average molecular weight is 406 g/mol. The number of benzene rings is 2. The van der Waals surface area contributed by atoms with E-state index < -0.39 is 10.0 Å². The molecule has 2 rings (SSSR count). The van der Waals surface area contributed by atoms with Crippen LogP contribution < -0.4 is 15.0 Å². The van der Waals surface area contributed by atoms with E-state index in [4.69, 9.17) is 4.74 Å². The summed E-state index contributed by atoms with van der Waals surface area (Å²) in [6.45, 7) is 3.68. The molecule has 7 nitrogen and oxygen atoms in total. The van der Waals surface area contributed by atoms with Gasteiger partial charge in [0.2, 0.25) is 10.0 Å². The number of hydrogen-bond acceptors (Lipinski definition) is 5. The van der Waals surface area contributed by atoms with Crippen LogP contribution in [0.3, 0.4) is 0 Å². The van der Waals surface area contributed by atoms with E-state index in [1.165, 1.54) is 26.2 Å². The van der Waals surface area contributed by atoms with Crippen LogP contribution in [0.15, 0.2) is 41.3 Å². The smallest absolute Gasteiger partial charge is 0.262 e. The summed E-state index contributed by atoms with van der Waals surface area (Å²) in [4.78, 5) is 14.3. The second kappa shape index (κ2) is 8.62. The van der Waals surface area contributed by atoms with Crippen LogP contribution in [0.4, 0.5) is 11.4 Å². The number of sulfonamides is 1. The molecule has 0 bridgehead atoms. The van der Waals surface area contributed by atoms with Gasteiger partial charge in [-0.15, -0.1) is 0 Å². The molecule has 8 heteroatoms. The van der Waals surface area contributed by atoms with Crippen molar-refractivity contribution in [3.63, 3.8) is 0 Å². The Hall–Kier alpha value is -2.58. The van der Waals surface area contributed by atoms with Gasteiger partial charge in [-0.3, -0.25) is 4.79 Å². The molecule has 0 aliphatic carbocycles. The lowest BCUT2D eigenvalue weighted by Crippen LogP contribution is -2.24. The lowest BCUT2D eigenvalue weighted by atomic mass is 10.1. The summed E-state index contributed by atoms with van der Waals surface area (Å²) >= 11 is 0. The maximum atomic E-state index is 12.4. The van der Waals surface area contributed by atoms with E-state index >= 15 is 0 Å². The predicted octanol–water partition coefficient (Wildman–Crippen LogP) is 2.64. The van der Waals surface area contributed by atoms with Crippen LogP contribution in [0.1, 0.15) is 11.1 Å². The Balaban J connectivity index is 2.23. The summed E-state index contributed by atoms with van der Waals surface area (Å²) in [5, 5.41) is 2.76. The molecule has 0 aromatic heterocycles. The molecular weight excluding hydrogens is 378 g/mol. The minimum atomic E-state index is -3.61. The quantitative estimate of drug-likeness (QED) is 0.766. The maximum absolute atomic E-state index is 12.4. The first-order valence-corrected chi connectivity index (χ1v) is 10.2. The van der Waals surface area contributed by atoms with Gasteiger partial charge in [0.15, 0.2) is 6.61 Å². The third kappa shape index (κ3) is 5.02. The SMILES string of the molecule is Cc1ccc(C)c(OCC(=O)Nc2cc(S(=O)(=O)N(C)C)ccc2N(C)C)c1. The van der Waals surface area contributed by atoms with Crippen molar-refractivity contribution in [2.45, 2.75) is 18.7 Å². The summed E-state index contributed by atoms with van der Waals surface area (Å²) in [7, 11) is 2.95. The van der Waals surface area contributed by atoms with Gasteiger partial charge in [0.25, 0.3) is 5.91 Å². The number of nitrogens with zero attached hydrogens (tertiary/aromatic N) is 2. The molecular formula is C20H27N3O4S. The van der Waals surface area contributed by atoms with Crippen molar-refractivity contribution in [3.8, 4) is 5.75 Å². The van der Waals surface area contributed by atoms with E-state index in [0.717, 1.165) is 15.4 Å². The number of ether oxygens (including phenoxy) is 1. The molecule has 0 radical (unpaired) electrons. The third-order valence-corrected chi connectivity index (χ3v) is 6.02. The molecule has 0 saturated carbocycles. The standard InChI is InChI=1S/C20H27N3O4S/c1-14-7-8-15(2)19(11-14)27-13-20(24)21-17-12-16(28(25,26)23(5)6)9-10-18(17)22(3)4/h7-12H,13H2,1-6H3,(H,21,24). The molecule has 0 saturated heterocycles. The van der Waals surface area contributed by atoms with Crippen LogP contribution in [0, 0.1) is 13.8 Å². The van der Waals surface area contributed by atoms with Gasteiger partial charge in [0.1, 0.15) is 5.75 Å². The number of rotatable bonds is 7. The summed E-state index contributed by atoms with van der Waals surface area (Å²) in [5.41, 5.74) is 3.07. The number of carbonyl (C=O) groups is 1. The fourth-order valence-corrected chi connectivity index (χ4v) is 3.50. The van der Waals surface area contributed by atoms with Crippen molar-refractivity contribution >= 4 is 27.3 Å².